The minimum atomic E-state index is -0.535. The van der Waals surface area contributed by atoms with E-state index in [1.807, 2.05) is 6.92 Å². The molecule has 1 saturated heterocycles. The highest BCUT2D eigenvalue weighted by molar-refractivity contribution is 5.98. The highest BCUT2D eigenvalue weighted by Crippen LogP contribution is 2.17. The minimum absolute atomic E-state index is 0.0804. The average Bonchev–Trinajstić information content (AvgIpc) is 2.95. The fourth-order valence-corrected chi connectivity index (χ4v) is 2.84. The molecule has 27 heavy (non-hydrogen) atoms. The van der Waals surface area contributed by atoms with Gasteiger partial charge in [0, 0.05) is 18.2 Å². The molecular weight excluding hydrogens is 350 g/mol. The van der Waals surface area contributed by atoms with Crippen molar-refractivity contribution in [2.75, 3.05) is 6.61 Å². The Morgan fingerprint density at radius 2 is 1.93 bits per heavy atom. The number of rotatable bonds is 7. The number of amides is 1. The van der Waals surface area contributed by atoms with Crippen LogP contribution in [0.15, 0.2) is 35.1 Å². The molecule has 0 atom stereocenters. The van der Waals surface area contributed by atoms with Crippen molar-refractivity contribution in [3.05, 3.63) is 57.8 Å². The largest absolute Gasteiger partial charge is 0.492 e. The highest BCUT2D eigenvalue weighted by Gasteiger charge is 2.29. The van der Waals surface area contributed by atoms with E-state index in [0.29, 0.717) is 31.0 Å². The maximum absolute atomic E-state index is 12.1. The lowest BCUT2D eigenvalue weighted by atomic mass is 10.2. The second kappa shape index (κ2) is 8.03. The third-order valence-electron chi connectivity index (χ3n) is 4.15. The van der Waals surface area contributed by atoms with Gasteiger partial charge in [-0.15, -0.1) is 0 Å². The number of carbonyl (C=O) groups excluding carboxylic acids is 2. The first kappa shape index (κ1) is 18.6. The van der Waals surface area contributed by atoms with E-state index in [0.717, 1.165) is 16.5 Å². The van der Waals surface area contributed by atoms with Crippen LogP contribution in [0.5, 0.6) is 5.75 Å². The zero-order valence-electron chi connectivity index (χ0n) is 15.3. The topological polar surface area (TPSA) is 90.7 Å². The summed E-state index contributed by atoms with van der Waals surface area (Å²) in [6.45, 7) is 4.71. The van der Waals surface area contributed by atoms with Crippen LogP contribution in [0.3, 0.4) is 0 Å². The van der Waals surface area contributed by atoms with Gasteiger partial charge in [-0.05, 0) is 24.6 Å². The van der Waals surface area contributed by atoms with Gasteiger partial charge in [-0.2, -0.15) is 5.06 Å². The molecule has 2 heterocycles. The van der Waals surface area contributed by atoms with Crippen LogP contribution < -0.4 is 10.3 Å². The molecule has 0 spiro atoms. The van der Waals surface area contributed by atoms with E-state index in [1.54, 1.807) is 35.8 Å². The quantitative estimate of drug-likeness (QED) is 0.683. The Morgan fingerprint density at radius 1 is 1.19 bits per heavy atom. The molecule has 1 aliphatic heterocycles. The van der Waals surface area contributed by atoms with E-state index >= 15 is 0 Å². The molecule has 8 nitrogen and oxygen atoms in total. The molecule has 1 amide bonds. The van der Waals surface area contributed by atoms with E-state index in [9.17, 15) is 14.4 Å². The van der Waals surface area contributed by atoms with Crippen molar-refractivity contribution < 1.29 is 19.2 Å². The van der Waals surface area contributed by atoms with Crippen LogP contribution in [0.1, 0.15) is 30.4 Å². The Morgan fingerprint density at radius 3 is 2.56 bits per heavy atom. The van der Waals surface area contributed by atoms with Crippen molar-refractivity contribution in [2.24, 2.45) is 0 Å². The predicted octanol–water partition coefficient (Wildman–Crippen LogP) is 1.38. The minimum Gasteiger partial charge on any atom is -0.492 e. The van der Waals surface area contributed by atoms with Crippen molar-refractivity contribution in [1.29, 1.82) is 0 Å². The Bertz CT molecular complexity index is 905. The number of hydrogen-bond donors (Lipinski definition) is 0. The zero-order chi connectivity index (χ0) is 19.4. The smallest absolute Gasteiger partial charge is 0.342 e. The Balaban J connectivity index is 1.56. The Kier molecular flexibility index (Phi) is 5.54. The number of carbonyl (C=O) groups is 2. The van der Waals surface area contributed by atoms with Gasteiger partial charge in [0.1, 0.15) is 24.6 Å². The van der Waals surface area contributed by atoms with E-state index in [2.05, 4.69) is 4.98 Å². The lowest BCUT2D eigenvalue weighted by Gasteiger charge is -2.14. The summed E-state index contributed by atoms with van der Waals surface area (Å²) in [4.78, 5) is 44.0. The lowest BCUT2D eigenvalue weighted by Crippen LogP contribution is -2.27. The fourth-order valence-electron chi connectivity index (χ4n) is 2.84. The third-order valence-corrected chi connectivity index (χ3v) is 4.15. The van der Waals surface area contributed by atoms with E-state index in [-0.39, 0.29) is 24.4 Å². The number of benzene rings is 1. The van der Waals surface area contributed by atoms with Gasteiger partial charge in [-0.3, -0.25) is 14.2 Å². The molecular formula is C19H21N3O5. The van der Waals surface area contributed by atoms with Crippen molar-refractivity contribution in [3.8, 4) is 5.75 Å². The average molecular weight is 371 g/mol. The van der Waals surface area contributed by atoms with Crippen molar-refractivity contribution in [2.45, 2.75) is 39.8 Å². The number of hydrogen-bond acceptors (Lipinski definition) is 6. The highest BCUT2D eigenvalue weighted by atomic mass is 16.7. The molecule has 0 bridgehead atoms. The predicted molar refractivity (Wildman–Crippen MR) is 95.8 cm³/mol. The maximum atomic E-state index is 12.1. The number of nitrogens with zero attached hydrogens (tertiary/aromatic N) is 3. The van der Waals surface area contributed by atoms with Gasteiger partial charge in [0.25, 0.3) is 11.5 Å². The lowest BCUT2D eigenvalue weighted by molar-refractivity contribution is -0.180. The SMILES string of the molecule is CCc1nc(C)cc(=O)n1CCOc1ccc(CN2OC(=O)CC2=O)cc1. The summed E-state index contributed by atoms with van der Waals surface area (Å²) in [6.07, 6.45) is 0.458. The molecule has 0 N–H and O–H groups in total. The standard InChI is InChI=1S/C19H21N3O5/c1-3-16-20-13(2)10-17(23)21(16)8-9-26-15-6-4-14(5-7-15)12-22-18(24)11-19(25)27-22/h4-7,10H,3,8-9,11-12H2,1-2H3. The molecule has 0 aliphatic carbocycles. The van der Waals surface area contributed by atoms with E-state index in [4.69, 9.17) is 9.57 Å². The fraction of sp³-hybridized carbons (Fsp3) is 0.368. The molecule has 1 aliphatic rings. The number of hydroxylamine groups is 2. The van der Waals surface area contributed by atoms with E-state index in [1.165, 1.54) is 6.07 Å². The summed E-state index contributed by atoms with van der Waals surface area (Å²) in [6, 6.07) is 8.65. The zero-order valence-corrected chi connectivity index (χ0v) is 15.3. The first-order chi connectivity index (χ1) is 13.0. The summed E-state index contributed by atoms with van der Waals surface area (Å²) in [5, 5.41) is 1.06. The maximum Gasteiger partial charge on any atom is 0.342 e. The molecule has 2 aromatic rings. The molecule has 1 aromatic carbocycles. The van der Waals surface area contributed by atoms with Gasteiger partial charge in [-0.25, -0.2) is 9.78 Å². The molecule has 3 rings (SSSR count). The molecule has 0 saturated carbocycles. The van der Waals surface area contributed by atoms with Crippen LogP contribution in [-0.2, 0) is 33.9 Å². The van der Waals surface area contributed by atoms with Crippen LogP contribution in [-0.4, -0.2) is 33.1 Å². The number of aromatic nitrogens is 2. The van der Waals surface area contributed by atoms with Gasteiger partial charge in [-0.1, -0.05) is 19.1 Å². The van der Waals surface area contributed by atoms with Crippen molar-refractivity contribution in [3.63, 3.8) is 0 Å². The van der Waals surface area contributed by atoms with Crippen LogP contribution in [0, 0.1) is 6.92 Å². The monoisotopic (exact) mass is 371 g/mol. The first-order valence-electron chi connectivity index (χ1n) is 8.76. The summed E-state index contributed by atoms with van der Waals surface area (Å²) in [7, 11) is 0. The van der Waals surface area contributed by atoms with Gasteiger partial charge in [0.2, 0.25) is 0 Å². The van der Waals surface area contributed by atoms with Crippen LogP contribution in [0.2, 0.25) is 0 Å². The Labute approximate surface area is 156 Å². The molecule has 1 fully saturated rings. The van der Waals surface area contributed by atoms with Crippen LogP contribution in [0.4, 0.5) is 0 Å². The van der Waals surface area contributed by atoms with Gasteiger partial charge >= 0.3 is 5.97 Å². The number of aryl methyl sites for hydroxylation is 2. The van der Waals surface area contributed by atoms with Gasteiger partial charge < -0.3 is 9.57 Å². The molecule has 8 heteroatoms. The Hall–Kier alpha value is -3.16. The third kappa shape index (κ3) is 4.52. The summed E-state index contributed by atoms with van der Waals surface area (Å²) in [5.74, 6) is 0.509. The van der Waals surface area contributed by atoms with Crippen molar-refractivity contribution in [1.82, 2.24) is 14.6 Å². The summed E-state index contributed by atoms with van der Waals surface area (Å²) in [5.41, 5.74) is 1.45. The molecule has 142 valence electrons. The molecule has 1 aromatic heterocycles. The summed E-state index contributed by atoms with van der Waals surface area (Å²) < 4.78 is 7.32. The first-order valence-corrected chi connectivity index (χ1v) is 8.76. The summed E-state index contributed by atoms with van der Waals surface area (Å²) >= 11 is 0. The second-order valence-corrected chi connectivity index (χ2v) is 6.22. The van der Waals surface area contributed by atoms with Gasteiger partial charge in [0.15, 0.2) is 0 Å². The number of ether oxygens (including phenoxy) is 1. The van der Waals surface area contributed by atoms with Gasteiger partial charge in [0.05, 0.1) is 13.1 Å². The molecule has 0 radical (unpaired) electrons. The van der Waals surface area contributed by atoms with E-state index < -0.39 is 5.97 Å². The second-order valence-electron chi connectivity index (χ2n) is 6.22. The van der Waals surface area contributed by atoms with Crippen LogP contribution >= 0.6 is 0 Å². The van der Waals surface area contributed by atoms with Crippen molar-refractivity contribution >= 4 is 11.9 Å². The molecule has 0 unspecified atom stereocenters. The van der Waals surface area contributed by atoms with Crippen LogP contribution in [0.25, 0.3) is 0 Å². The normalized spacial score (nSPS) is 13.8.